The molecular formula is C14H12F3N3O. The number of nitrogen functional groups attached to an aromatic ring is 1. The van der Waals surface area contributed by atoms with Gasteiger partial charge in [0.05, 0.1) is 11.1 Å². The van der Waals surface area contributed by atoms with Crippen LogP contribution in [0.4, 0.5) is 19.0 Å². The van der Waals surface area contributed by atoms with E-state index in [9.17, 15) is 18.0 Å². The molecule has 0 saturated carbocycles. The maximum Gasteiger partial charge on any atom is 0.416 e. The first-order valence-electron chi connectivity index (χ1n) is 6.03. The summed E-state index contributed by atoms with van der Waals surface area (Å²) in [6.45, 7) is -0.0307. The highest BCUT2D eigenvalue weighted by Crippen LogP contribution is 2.29. The standard InChI is InChI=1S/C14H12F3N3O/c15-14(16,17)10-4-1-3-9(7-10)8-20-13(21)11-5-2-6-19-12(11)18/h1-7H,8H2,(H2,18,19)(H,20,21). The number of anilines is 1. The summed E-state index contributed by atoms with van der Waals surface area (Å²) in [5.74, 6) is -0.419. The normalized spacial score (nSPS) is 11.2. The van der Waals surface area contributed by atoms with Gasteiger partial charge in [0.25, 0.3) is 5.91 Å². The molecule has 2 aromatic rings. The summed E-state index contributed by atoms with van der Waals surface area (Å²) in [6.07, 6.45) is -2.97. The number of rotatable bonds is 3. The van der Waals surface area contributed by atoms with Crippen LogP contribution in [0, 0.1) is 0 Å². The van der Waals surface area contributed by atoms with Crippen LogP contribution in [0.25, 0.3) is 0 Å². The number of amides is 1. The third kappa shape index (κ3) is 3.71. The second kappa shape index (κ2) is 5.82. The molecule has 0 aliphatic carbocycles. The van der Waals surface area contributed by atoms with Crippen molar-refractivity contribution in [2.45, 2.75) is 12.7 Å². The molecule has 0 radical (unpaired) electrons. The summed E-state index contributed by atoms with van der Waals surface area (Å²) in [5, 5.41) is 2.51. The quantitative estimate of drug-likeness (QED) is 0.914. The van der Waals surface area contributed by atoms with Gasteiger partial charge in [-0.15, -0.1) is 0 Å². The van der Waals surface area contributed by atoms with Crippen molar-refractivity contribution in [3.05, 3.63) is 59.3 Å². The second-order valence-electron chi connectivity index (χ2n) is 4.32. The van der Waals surface area contributed by atoms with Gasteiger partial charge in [-0.25, -0.2) is 4.98 Å². The molecule has 110 valence electrons. The van der Waals surface area contributed by atoms with Gasteiger partial charge in [0.1, 0.15) is 5.82 Å². The van der Waals surface area contributed by atoms with Gasteiger partial charge in [0, 0.05) is 12.7 Å². The van der Waals surface area contributed by atoms with Crippen LogP contribution in [0.1, 0.15) is 21.5 Å². The molecule has 21 heavy (non-hydrogen) atoms. The number of alkyl halides is 3. The van der Waals surface area contributed by atoms with Crippen LogP contribution < -0.4 is 11.1 Å². The molecule has 0 unspecified atom stereocenters. The summed E-state index contributed by atoms with van der Waals surface area (Å²) in [6, 6.07) is 7.81. The first-order chi connectivity index (χ1) is 9.88. The van der Waals surface area contributed by atoms with Crippen molar-refractivity contribution in [1.82, 2.24) is 10.3 Å². The Morgan fingerprint density at radius 1 is 1.24 bits per heavy atom. The highest BCUT2D eigenvalue weighted by atomic mass is 19.4. The van der Waals surface area contributed by atoms with Crippen molar-refractivity contribution in [2.75, 3.05) is 5.73 Å². The number of nitrogens with zero attached hydrogens (tertiary/aromatic N) is 1. The Balaban J connectivity index is 2.07. The molecule has 0 atom stereocenters. The number of nitrogens with one attached hydrogen (secondary N) is 1. The van der Waals surface area contributed by atoms with Crippen LogP contribution in [-0.4, -0.2) is 10.9 Å². The van der Waals surface area contributed by atoms with E-state index in [1.54, 1.807) is 6.07 Å². The largest absolute Gasteiger partial charge is 0.416 e. The fourth-order valence-corrected chi connectivity index (χ4v) is 1.74. The SMILES string of the molecule is Nc1ncccc1C(=O)NCc1cccc(C(F)(F)F)c1. The van der Waals surface area contributed by atoms with Crippen LogP contribution in [0.3, 0.4) is 0 Å². The van der Waals surface area contributed by atoms with Gasteiger partial charge in [-0.3, -0.25) is 4.79 Å². The van der Waals surface area contributed by atoms with Gasteiger partial charge in [0.15, 0.2) is 0 Å². The van der Waals surface area contributed by atoms with Crippen LogP contribution in [0.5, 0.6) is 0 Å². The Kier molecular flexibility index (Phi) is 4.11. The summed E-state index contributed by atoms with van der Waals surface area (Å²) >= 11 is 0. The zero-order chi connectivity index (χ0) is 15.5. The summed E-state index contributed by atoms with van der Waals surface area (Å²) in [5.41, 5.74) is 5.33. The van der Waals surface area contributed by atoms with E-state index in [0.717, 1.165) is 12.1 Å². The predicted octanol–water partition coefficient (Wildman–Crippen LogP) is 2.61. The molecule has 3 N–H and O–H groups in total. The number of carbonyl (C=O) groups is 1. The monoisotopic (exact) mass is 295 g/mol. The van der Waals surface area contributed by atoms with E-state index in [4.69, 9.17) is 5.73 Å². The second-order valence-corrected chi connectivity index (χ2v) is 4.32. The van der Waals surface area contributed by atoms with E-state index in [0.29, 0.717) is 5.56 Å². The van der Waals surface area contributed by atoms with E-state index >= 15 is 0 Å². The first-order valence-corrected chi connectivity index (χ1v) is 6.03. The molecule has 1 heterocycles. The molecule has 1 aromatic heterocycles. The number of carbonyl (C=O) groups excluding carboxylic acids is 1. The Labute approximate surface area is 118 Å². The zero-order valence-corrected chi connectivity index (χ0v) is 10.8. The maximum absolute atomic E-state index is 12.6. The number of hydrogen-bond acceptors (Lipinski definition) is 3. The number of halogens is 3. The maximum atomic E-state index is 12.6. The van der Waals surface area contributed by atoms with Crippen molar-refractivity contribution >= 4 is 11.7 Å². The molecule has 1 amide bonds. The molecule has 0 fully saturated rings. The van der Waals surface area contributed by atoms with Crippen molar-refractivity contribution in [3.8, 4) is 0 Å². The summed E-state index contributed by atoms with van der Waals surface area (Å²) < 4.78 is 37.7. The number of aromatic nitrogens is 1. The van der Waals surface area contributed by atoms with Gasteiger partial charge in [0.2, 0.25) is 0 Å². The third-order valence-electron chi connectivity index (χ3n) is 2.79. The summed E-state index contributed by atoms with van der Waals surface area (Å²) in [4.78, 5) is 15.6. The van der Waals surface area contributed by atoms with Crippen LogP contribution in [0.15, 0.2) is 42.6 Å². The van der Waals surface area contributed by atoms with Crippen LogP contribution in [0.2, 0.25) is 0 Å². The number of nitrogens with two attached hydrogens (primary N) is 1. The average Bonchev–Trinajstić information content (AvgIpc) is 2.45. The lowest BCUT2D eigenvalue weighted by Crippen LogP contribution is -2.24. The highest BCUT2D eigenvalue weighted by Gasteiger charge is 2.30. The van der Waals surface area contributed by atoms with Gasteiger partial charge in [-0.1, -0.05) is 12.1 Å². The summed E-state index contributed by atoms with van der Waals surface area (Å²) in [7, 11) is 0. The molecule has 1 aromatic carbocycles. The lowest BCUT2D eigenvalue weighted by atomic mass is 10.1. The Hall–Kier alpha value is -2.57. The average molecular weight is 295 g/mol. The molecular weight excluding hydrogens is 283 g/mol. The number of benzene rings is 1. The number of hydrogen-bond donors (Lipinski definition) is 2. The van der Waals surface area contributed by atoms with Crippen molar-refractivity contribution in [2.24, 2.45) is 0 Å². The molecule has 0 aliphatic heterocycles. The van der Waals surface area contributed by atoms with Gasteiger partial charge in [-0.05, 0) is 29.8 Å². The topological polar surface area (TPSA) is 68.0 Å². The fraction of sp³-hybridized carbons (Fsp3) is 0.143. The van der Waals surface area contributed by atoms with Crippen molar-refractivity contribution in [3.63, 3.8) is 0 Å². The molecule has 2 rings (SSSR count). The Bertz CT molecular complexity index is 656. The molecule has 0 saturated heterocycles. The molecule has 0 bridgehead atoms. The minimum absolute atomic E-state index is 0.0307. The molecule has 0 spiro atoms. The van der Waals surface area contributed by atoms with Crippen LogP contribution >= 0.6 is 0 Å². The molecule has 4 nitrogen and oxygen atoms in total. The molecule has 7 heteroatoms. The van der Waals surface area contributed by atoms with Gasteiger partial charge < -0.3 is 11.1 Å². The third-order valence-corrected chi connectivity index (χ3v) is 2.79. The predicted molar refractivity (Wildman–Crippen MR) is 71.3 cm³/mol. The number of pyridine rings is 1. The Morgan fingerprint density at radius 2 is 2.00 bits per heavy atom. The van der Waals surface area contributed by atoms with E-state index in [1.807, 2.05) is 0 Å². The smallest absolute Gasteiger partial charge is 0.383 e. The van der Waals surface area contributed by atoms with E-state index in [2.05, 4.69) is 10.3 Å². The lowest BCUT2D eigenvalue weighted by molar-refractivity contribution is -0.137. The van der Waals surface area contributed by atoms with Crippen molar-refractivity contribution < 1.29 is 18.0 Å². The van der Waals surface area contributed by atoms with E-state index in [1.165, 1.54) is 24.4 Å². The van der Waals surface area contributed by atoms with E-state index < -0.39 is 17.6 Å². The Morgan fingerprint density at radius 3 is 2.67 bits per heavy atom. The minimum Gasteiger partial charge on any atom is -0.383 e. The highest BCUT2D eigenvalue weighted by molar-refractivity contribution is 5.98. The first kappa shape index (κ1) is 14.8. The lowest BCUT2D eigenvalue weighted by Gasteiger charge is -2.10. The fourth-order valence-electron chi connectivity index (χ4n) is 1.74. The van der Waals surface area contributed by atoms with Gasteiger partial charge in [-0.2, -0.15) is 13.2 Å². The zero-order valence-electron chi connectivity index (χ0n) is 10.8. The van der Waals surface area contributed by atoms with Crippen molar-refractivity contribution in [1.29, 1.82) is 0 Å². The van der Waals surface area contributed by atoms with Crippen LogP contribution in [-0.2, 0) is 12.7 Å². The van der Waals surface area contributed by atoms with E-state index in [-0.39, 0.29) is 17.9 Å². The van der Waals surface area contributed by atoms with Gasteiger partial charge >= 0.3 is 6.18 Å². The molecule has 0 aliphatic rings. The minimum atomic E-state index is -4.41.